The van der Waals surface area contributed by atoms with E-state index in [4.69, 9.17) is 19.2 Å². The number of nitrogens with zero attached hydrogens (tertiary/aromatic N) is 4. The van der Waals surface area contributed by atoms with Gasteiger partial charge in [-0.25, -0.2) is 9.78 Å². The number of hydrogen-bond acceptors (Lipinski definition) is 10. The first-order valence-electron chi connectivity index (χ1n) is 14.4. The van der Waals surface area contributed by atoms with E-state index in [1.165, 1.54) is 0 Å². The fourth-order valence-corrected chi connectivity index (χ4v) is 6.47. The zero-order valence-electron chi connectivity index (χ0n) is 23.5. The molecule has 0 radical (unpaired) electrons. The van der Waals surface area contributed by atoms with Crippen LogP contribution in [0.2, 0.25) is 0 Å². The molecule has 4 aliphatic heterocycles. The van der Waals surface area contributed by atoms with E-state index in [2.05, 4.69) is 22.2 Å². The van der Waals surface area contributed by atoms with Gasteiger partial charge in [-0.1, -0.05) is 6.92 Å². The van der Waals surface area contributed by atoms with Crippen LogP contribution in [0.4, 0.5) is 0 Å². The summed E-state index contributed by atoms with van der Waals surface area (Å²) in [7, 11) is 2.17. The maximum Gasteiger partial charge on any atom is 0.343 e. The lowest BCUT2D eigenvalue weighted by Gasteiger charge is -2.32. The highest BCUT2D eigenvalue weighted by Crippen LogP contribution is 2.43. The molecule has 0 spiro atoms. The standard InChI is InChI=1S/C30H35N5O6/c1-3-30(38)22-12-24-27-20(15-35(24)28(36)21(22)16-39-29(30)37)19(14-31-5-4-6-34-9-7-33(2)8-10-34)18-11-25-26(41-17-40-25)13-23(18)32-27/h11-13,31,38H,3-10,14-17H2,1-2H3/t30-/m0/s1. The van der Waals surface area contributed by atoms with E-state index in [9.17, 15) is 14.7 Å². The number of piperazine rings is 1. The van der Waals surface area contributed by atoms with E-state index < -0.39 is 11.6 Å². The molecule has 2 aromatic heterocycles. The number of benzene rings is 1. The molecule has 7 rings (SSSR count). The number of aromatic nitrogens is 2. The minimum atomic E-state index is -1.86. The van der Waals surface area contributed by atoms with Gasteiger partial charge in [0.05, 0.1) is 29.0 Å². The van der Waals surface area contributed by atoms with E-state index in [1.807, 2.05) is 12.1 Å². The Kier molecular flexibility index (Phi) is 6.50. The van der Waals surface area contributed by atoms with Crippen LogP contribution in [0.3, 0.4) is 0 Å². The number of carbonyl (C=O) groups excluding carboxylic acids is 1. The van der Waals surface area contributed by atoms with Gasteiger partial charge in [-0.15, -0.1) is 0 Å². The third-order valence-corrected chi connectivity index (χ3v) is 9.03. The minimum Gasteiger partial charge on any atom is -0.458 e. The molecule has 2 N–H and O–H groups in total. The maximum atomic E-state index is 13.7. The SMILES string of the molecule is CC[C@@]1(O)C(=O)OCc2c1cc1n(c2=O)Cc2c-1nc1cc3c(cc1c2CNCCCN1CCN(C)CC1)OCO3. The van der Waals surface area contributed by atoms with E-state index >= 15 is 0 Å². The summed E-state index contributed by atoms with van der Waals surface area (Å²) in [6, 6.07) is 5.62. The summed E-state index contributed by atoms with van der Waals surface area (Å²) in [4.78, 5) is 36.1. The van der Waals surface area contributed by atoms with E-state index in [0.29, 0.717) is 47.1 Å². The molecule has 1 atom stereocenters. The molecule has 216 valence electrons. The van der Waals surface area contributed by atoms with E-state index in [-0.39, 0.29) is 25.4 Å². The molecule has 11 nitrogen and oxygen atoms in total. The normalized spacial score (nSPS) is 21.6. The van der Waals surface area contributed by atoms with E-state index in [1.54, 1.807) is 17.6 Å². The number of hydrogen-bond donors (Lipinski definition) is 2. The second kappa shape index (κ2) is 10.1. The summed E-state index contributed by atoms with van der Waals surface area (Å²) in [5.41, 5.74) is 2.55. The Labute approximate surface area is 237 Å². The van der Waals surface area contributed by atoms with E-state index in [0.717, 1.165) is 67.7 Å². The number of pyridine rings is 2. The molecule has 1 fully saturated rings. The van der Waals surface area contributed by atoms with Gasteiger partial charge in [0.25, 0.3) is 5.56 Å². The molecule has 11 heteroatoms. The van der Waals surface area contributed by atoms with Gasteiger partial charge < -0.3 is 39.0 Å². The average molecular weight is 562 g/mol. The fourth-order valence-electron chi connectivity index (χ4n) is 6.47. The molecule has 0 aliphatic carbocycles. The van der Waals surface area contributed by atoms with Crippen LogP contribution in [-0.2, 0) is 34.8 Å². The second-order valence-corrected chi connectivity index (χ2v) is 11.4. The maximum absolute atomic E-state index is 13.7. The van der Waals surface area contributed by atoms with Crippen LogP contribution in [0, 0.1) is 0 Å². The average Bonchev–Trinajstić information content (AvgIpc) is 3.59. The number of rotatable bonds is 7. The Morgan fingerprint density at radius 1 is 1.05 bits per heavy atom. The van der Waals surface area contributed by atoms with Gasteiger partial charge in [-0.05, 0) is 50.7 Å². The third kappa shape index (κ3) is 4.30. The van der Waals surface area contributed by atoms with Crippen molar-refractivity contribution in [2.24, 2.45) is 0 Å². The van der Waals surface area contributed by atoms with Gasteiger partial charge in [0.2, 0.25) is 6.79 Å². The molecule has 0 saturated carbocycles. The Balaban J connectivity index is 1.24. The van der Waals surface area contributed by atoms with Crippen LogP contribution >= 0.6 is 0 Å². The van der Waals surface area contributed by atoms with Crippen LogP contribution in [0.25, 0.3) is 22.3 Å². The smallest absolute Gasteiger partial charge is 0.343 e. The number of fused-ring (bicyclic) bond motifs is 6. The van der Waals surface area contributed by atoms with Crippen molar-refractivity contribution in [2.75, 3.05) is 53.1 Å². The number of aliphatic hydroxyl groups is 1. The lowest BCUT2D eigenvalue weighted by atomic mass is 9.86. The van der Waals surface area contributed by atoms with Gasteiger partial charge in [-0.3, -0.25) is 4.79 Å². The lowest BCUT2D eigenvalue weighted by Crippen LogP contribution is -2.45. The van der Waals surface area contributed by atoms with Gasteiger partial charge >= 0.3 is 5.97 Å². The van der Waals surface area contributed by atoms with Crippen molar-refractivity contribution in [1.29, 1.82) is 0 Å². The Morgan fingerprint density at radius 2 is 1.83 bits per heavy atom. The molecule has 6 heterocycles. The fraction of sp³-hybridized carbons (Fsp3) is 0.500. The van der Waals surface area contributed by atoms with Crippen LogP contribution in [0.5, 0.6) is 11.5 Å². The van der Waals surface area contributed by atoms with Crippen molar-refractivity contribution in [3.63, 3.8) is 0 Å². The van der Waals surface area contributed by atoms with Gasteiger partial charge in [0.1, 0.15) is 6.61 Å². The zero-order chi connectivity index (χ0) is 28.3. The number of cyclic esters (lactones) is 1. The summed E-state index contributed by atoms with van der Waals surface area (Å²) in [6.45, 7) is 9.03. The van der Waals surface area contributed by atoms with Crippen LogP contribution in [-0.4, -0.2) is 83.5 Å². The highest BCUT2D eigenvalue weighted by atomic mass is 16.7. The zero-order valence-corrected chi connectivity index (χ0v) is 23.5. The van der Waals surface area contributed by atoms with Crippen LogP contribution < -0.4 is 20.3 Å². The highest BCUT2D eigenvalue weighted by molar-refractivity contribution is 5.91. The van der Waals surface area contributed by atoms with Crippen LogP contribution in [0.1, 0.15) is 42.0 Å². The summed E-state index contributed by atoms with van der Waals surface area (Å²) in [5, 5.41) is 15.8. The molecular weight excluding hydrogens is 526 g/mol. The van der Waals surface area contributed by atoms with Gasteiger partial charge in [0.15, 0.2) is 17.1 Å². The van der Waals surface area contributed by atoms with Crippen molar-refractivity contribution < 1.29 is 24.1 Å². The van der Waals surface area contributed by atoms with Crippen molar-refractivity contribution in [1.82, 2.24) is 24.7 Å². The molecular formula is C30H35N5O6. The summed E-state index contributed by atoms with van der Waals surface area (Å²) in [6.07, 6.45) is 1.14. The van der Waals surface area contributed by atoms with Crippen LogP contribution in [0.15, 0.2) is 23.0 Å². The molecule has 3 aromatic rings. The molecule has 0 unspecified atom stereocenters. The highest BCUT2D eigenvalue weighted by Gasteiger charge is 2.45. The van der Waals surface area contributed by atoms with Crippen molar-refractivity contribution in [3.05, 3.63) is 50.8 Å². The number of carbonyl (C=O) groups is 1. The Hall–Kier alpha value is -3.51. The molecule has 41 heavy (non-hydrogen) atoms. The Bertz CT molecular complexity index is 1610. The summed E-state index contributed by atoms with van der Waals surface area (Å²) in [5.74, 6) is 0.595. The van der Waals surface area contributed by atoms with Crippen molar-refractivity contribution >= 4 is 16.9 Å². The quantitative estimate of drug-likeness (QED) is 0.254. The first kappa shape index (κ1) is 26.4. The Morgan fingerprint density at radius 3 is 2.61 bits per heavy atom. The number of nitrogens with one attached hydrogen (secondary N) is 1. The molecule has 0 amide bonds. The lowest BCUT2D eigenvalue weighted by molar-refractivity contribution is -0.172. The third-order valence-electron chi connectivity index (χ3n) is 9.03. The number of esters is 1. The first-order valence-corrected chi connectivity index (χ1v) is 14.4. The molecule has 1 saturated heterocycles. The van der Waals surface area contributed by atoms with Crippen molar-refractivity contribution in [3.8, 4) is 22.9 Å². The van der Waals surface area contributed by atoms with Crippen molar-refractivity contribution in [2.45, 2.75) is 45.1 Å². The summed E-state index contributed by atoms with van der Waals surface area (Å²) < 4.78 is 18.2. The second-order valence-electron chi connectivity index (χ2n) is 11.4. The number of ether oxygens (including phenoxy) is 3. The predicted molar refractivity (Wildman–Crippen MR) is 151 cm³/mol. The predicted octanol–water partition coefficient (Wildman–Crippen LogP) is 1.54. The topological polar surface area (TPSA) is 118 Å². The molecule has 0 bridgehead atoms. The number of likely N-dealkylation sites (N-methyl/N-ethyl adjacent to an activating group) is 1. The largest absolute Gasteiger partial charge is 0.458 e. The minimum absolute atomic E-state index is 0.104. The first-order chi connectivity index (χ1) is 19.9. The van der Waals surface area contributed by atoms with Gasteiger partial charge in [0, 0.05) is 55.3 Å². The molecule has 1 aromatic carbocycles. The summed E-state index contributed by atoms with van der Waals surface area (Å²) >= 11 is 0. The van der Waals surface area contributed by atoms with Gasteiger partial charge in [-0.2, -0.15) is 0 Å². The molecule has 4 aliphatic rings. The monoisotopic (exact) mass is 561 g/mol.